The normalized spacial score (nSPS) is 15.8. The lowest BCUT2D eigenvalue weighted by atomic mass is 9.90. The van der Waals surface area contributed by atoms with E-state index in [1.165, 1.54) is 66.0 Å². The van der Waals surface area contributed by atoms with Gasteiger partial charge in [-0.25, -0.2) is 23.2 Å². The van der Waals surface area contributed by atoms with Crippen molar-refractivity contribution in [2.45, 2.75) is 19.3 Å². The number of benzene rings is 2. The minimum absolute atomic E-state index is 1.18. The van der Waals surface area contributed by atoms with Gasteiger partial charge in [-0.2, -0.15) is 0 Å². The molecule has 0 aromatic heterocycles. The van der Waals surface area contributed by atoms with E-state index in [9.17, 15) is 0 Å². The summed E-state index contributed by atoms with van der Waals surface area (Å²) in [5.41, 5.74) is 7.63. The molecule has 7 heteroatoms. The molecule has 2 aromatic carbocycles. The van der Waals surface area contributed by atoms with Crippen molar-refractivity contribution in [1.29, 1.82) is 0 Å². The molecule has 0 spiro atoms. The van der Waals surface area contributed by atoms with Crippen LogP contribution in [0.4, 0.5) is 5.69 Å². The number of anilines is 1. The van der Waals surface area contributed by atoms with Gasteiger partial charge in [0.1, 0.15) is 14.1 Å². The molecule has 0 unspecified atom stereocenters. The Morgan fingerprint density at radius 3 is 1.76 bits per heavy atom. The lowest BCUT2D eigenvalue weighted by Crippen LogP contribution is -2.68. The van der Waals surface area contributed by atoms with Gasteiger partial charge in [0.15, 0.2) is 5.71 Å². The summed E-state index contributed by atoms with van der Waals surface area (Å²) in [6, 6.07) is 19.9. The quantitative estimate of drug-likeness (QED) is 0.613. The molecule has 4 rings (SSSR count). The second-order valence-corrected chi connectivity index (χ2v) is 8.91. The summed E-state index contributed by atoms with van der Waals surface area (Å²) in [5, 5.41) is 0. The summed E-state index contributed by atoms with van der Waals surface area (Å²) in [4.78, 5) is 2.52. The van der Waals surface area contributed by atoms with Crippen molar-refractivity contribution >= 4 is 17.0 Å². The van der Waals surface area contributed by atoms with Crippen molar-refractivity contribution in [3.8, 4) is 0 Å². The second-order valence-electron chi connectivity index (χ2n) is 8.15. The van der Waals surface area contributed by atoms with E-state index >= 15 is 0 Å². The van der Waals surface area contributed by atoms with Crippen molar-refractivity contribution in [1.82, 2.24) is 0 Å². The molecular formula is C26H29ClN2O4. The van der Waals surface area contributed by atoms with E-state index in [0.29, 0.717) is 0 Å². The molecular weight excluding hydrogens is 440 g/mol. The molecule has 6 nitrogen and oxygen atoms in total. The van der Waals surface area contributed by atoms with Crippen molar-refractivity contribution in [3.05, 3.63) is 95.6 Å². The third-order valence-corrected chi connectivity index (χ3v) is 5.61. The first-order valence-electron chi connectivity index (χ1n) is 10.9. The summed E-state index contributed by atoms with van der Waals surface area (Å²) < 4.78 is 36.1. The van der Waals surface area contributed by atoms with E-state index in [2.05, 4.69) is 102 Å². The first-order chi connectivity index (χ1) is 15.7. The molecule has 174 valence electrons. The zero-order valence-corrected chi connectivity index (χ0v) is 19.7. The van der Waals surface area contributed by atoms with E-state index in [-0.39, 0.29) is 0 Å². The lowest BCUT2D eigenvalue weighted by molar-refractivity contribution is -2.00. The number of nitrogens with zero attached hydrogens (tertiary/aromatic N) is 2. The summed E-state index contributed by atoms with van der Waals surface area (Å²) in [6.07, 6.45) is 12.8. The molecule has 1 aliphatic heterocycles. The zero-order chi connectivity index (χ0) is 23.8. The van der Waals surface area contributed by atoms with Crippen molar-refractivity contribution in [2.75, 3.05) is 32.1 Å². The number of piperidine rings is 1. The Labute approximate surface area is 197 Å². The predicted molar refractivity (Wildman–Crippen MR) is 120 cm³/mol. The van der Waals surface area contributed by atoms with E-state index in [1.807, 2.05) is 0 Å². The second kappa shape index (κ2) is 11.4. The molecule has 0 saturated carbocycles. The fourth-order valence-corrected chi connectivity index (χ4v) is 4.02. The van der Waals surface area contributed by atoms with Gasteiger partial charge in [-0.3, -0.25) is 0 Å². The van der Waals surface area contributed by atoms with Crippen LogP contribution in [-0.4, -0.2) is 37.5 Å². The maximum atomic E-state index is 8.49. The highest BCUT2D eigenvalue weighted by Gasteiger charge is 2.14. The fraction of sp³-hybridized carbons (Fsp3) is 0.269. The number of hydrogen-bond acceptors (Lipinski definition) is 5. The van der Waals surface area contributed by atoms with Crippen LogP contribution in [0.5, 0.6) is 0 Å². The predicted octanol–water partition coefficient (Wildman–Crippen LogP) is 0.562. The van der Waals surface area contributed by atoms with Gasteiger partial charge in [0, 0.05) is 30.9 Å². The summed E-state index contributed by atoms with van der Waals surface area (Å²) >= 11 is 0. The first kappa shape index (κ1) is 24.9. The van der Waals surface area contributed by atoms with Gasteiger partial charge in [-0.1, -0.05) is 42.5 Å². The largest absolute Gasteiger partial charge is 0.372 e. The van der Waals surface area contributed by atoms with Crippen LogP contribution < -0.4 is 23.5 Å². The van der Waals surface area contributed by atoms with Crippen molar-refractivity contribution < 1.29 is 33.5 Å². The van der Waals surface area contributed by atoms with Crippen LogP contribution in [0.1, 0.15) is 30.4 Å². The van der Waals surface area contributed by atoms with Crippen LogP contribution in [0.15, 0.2) is 84.5 Å². The highest BCUT2D eigenvalue weighted by atomic mass is 35.7. The van der Waals surface area contributed by atoms with Crippen molar-refractivity contribution in [3.63, 3.8) is 0 Å². The SMILES string of the molecule is C[N+](C)=C1C=CC(=C(c2ccccc2)c2ccc(N3CCCCC3)cc2)C=C1.[O-][Cl+3]([O-])([O-])[O-]. The van der Waals surface area contributed by atoms with Crippen LogP contribution in [-0.2, 0) is 0 Å². The fourth-order valence-electron chi connectivity index (χ4n) is 4.02. The van der Waals surface area contributed by atoms with Gasteiger partial charge in [-0.15, -0.1) is 10.2 Å². The monoisotopic (exact) mass is 468 g/mol. The van der Waals surface area contributed by atoms with Gasteiger partial charge in [0.2, 0.25) is 0 Å². The maximum Gasteiger partial charge on any atom is 0.199 e. The molecule has 33 heavy (non-hydrogen) atoms. The highest BCUT2D eigenvalue weighted by molar-refractivity contribution is 6.03. The average Bonchev–Trinajstić information content (AvgIpc) is 2.80. The van der Waals surface area contributed by atoms with Crippen LogP contribution >= 0.6 is 0 Å². The van der Waals surface area contributed by atoms with Gasteiger partial charge in [-0.05, 0) is 65.8 Å². The Morgan fingerprint density at radius 2 is 1.24 bits per heavy atom. The third-order valence-electron chi connectivity index (χ3n) is 5.61. The number of halogens is 1. The van der Waals surface area contributed by atoms with Gasteiger partial charge >= 0.3 is 0 Å². The minimum atomic E-state index is -4.94. The first-order valence-corrected chi connectivity index (χ1v) is 12.1. The van der Waals surface area contributed by atoms with Crippen molar-refractivity contribution in [2.24, 2.45) is 0 Å². The smallest absolute Gasteiger partial charge is 0.199 e. The molecule has 2 aromatic rings. The van der Waals surface area contributed by atoms with E-state index in [1.54, 1.807) is 0 Å². The summed E-state index contributed by atoms with van der Waals surface area (Å²) in [6.45, 7) is 2.36. The molecule has 0 bridgehead atoms. The standard InChI is InChI=1S/C26H29N2.ClHO4/c1-27(2)24-15-11-22(12-16-24)26(21-9-5-3-6-10-21)23-13-17-25(18-14-23)28-19-7-4-8-20-28;2-1(3,4)5/h3,5-6,9-18H,4,7-8,19-20H2,1-2H3;(H,2,3,4,5)/q+1;/p-1. The Morgan fingerprint density at radius 1 is 0.727 bits per heavy atom. The number of allylic oxidation sites excluding steroid dienone is 5. The molecule has 1 heterocycles. The molecule has 0 N–H and O–H groups in total. The summed E-state index contributed by atoms with van der Waals surface area (Å²) in [7, 11) is -0.785. The molecule has 2 aliphatic rings. The van der Waals surface area contributed by atoms with Crippen LogP contribution in [0.25, 0.3) is 5.57 Å². The lowest BCUT2D eigenvalue weighted by Gasteiger charge is -2.29. The number of rotatable bonds is 3. The topological polar surface area (TPSA) is 98.5 Å². The summed E-state index contributed by atoms with van der Waals surface area (Å²) in [5.74, 6) is 0. The van der Waals surface area contributed by atoms with E-state index < -0.39 is 10.2 Å². The molecule has 1 saturated heterocycles. The molecule has 1 fully saturated rings. The van der Waals surface area contributed by atoms with Gasteiger partial charge in [0.05, 0.1) is 0 Å². The van der Waals surface area contributed by atoms with Gasteiger partial charge < -0.3 is 4.90 Å². The molecule has 0 amide bonds. The molecule has 1 aliphatic carbocycles. The van der Waals surface area contributed by atoms with Crippen LogP contribution in [0.2, 0.25) is 0 Å². The highest BCUT2D eigenvalue weighted by Crippen LogP contribution is 2.31. The number of hydrogen-bond donors (Lipinski definition) is 0. The Hall–Kier alpha value is -2.74. The van der Waals surface area contributed by atoms with Crippen LogP contribution in [0, 0.1) is 10.2 Å². The minimum Gasteiger partial charge on any atom is -0.372 e. The van der Waals surface area contributed by atoms with Gasteiger partial charge in [0.25, 0.3) is 0 Å². The Balaban J connectivity index is 0.000000555. The molecule has 0 atom stereocenters. The Kier molecular flexibility index (Phi) is 8.61. The Bertz CT molecular complexity index is 1020. The van der Waals surface area contributed by atoms with E-state index in [4.69, 9.17) is 18.6 Å². The maximum absolute atomic E-state index is 8.49. The zero-order valence-electron chi connectivity index (χ0n) is 18.9. The average molecular weight is 469 g/mol. The van der Waals surface area contributed by atoms with E-state index in [0.717, 1.165) is 0 Å². The van der Waals surface area contributed by atoms with Crippen LogP contribution in [0.3, 0.4) is 0 Å². The molecule has 0 radical (unpaired) electrons. The third kappa shape index (κ3) is 7.67.